The third-order valence-electron chi connectivity index (χ3n) is 4.51. The standard InChI is InChI=1S/C17H35N5.HI/c1-6-8-9-10-20(5)17(18-4)19-15-16(3)22-13-11-21(7-2)12-14-22;/h6,16H,1,7-15H2,2-5H3,(H,18,19);1H. The number of hydrogen-bond donors (Lipinski definition) is 1. The van der Waals surface area contributed by atoms with Gasteiger partial charge in [0.1, 0.15) is 0 Å². The smallest absolute Gasteiger partial charge is 0.193 e. The molecule has 0 spiro atoms. The molecule has 5 nitrogen and oxygen atoms in total. The van der Waals surface area contributed by atoms with Crippen LogP contribution in [0.2, 0.25) is 0 Å². The first-order valence-corrected chi connectivity index (χ1v) is 8.61. The molecule has 1 heterocycles. The van der Waals surface area contributed by atoms with Gasteiger partial charge in [-0.05, 0) is 26.3 Å². The molecule has 0 bridgehead atoms. The van der Waals surface area contributed by atoms with Gasteiger partial charge in [-0.25, -0.2) is 0 Å². The van der Waals surface area contributed by atoms with Gasteiger partial charge in [-0.1, -0.05) is 13.0 Å². The first-order chi connectivity index (χ1) is 10.6. The molecule has 1 aliphatic rings. The van der Waals surface area contributed by atoms with E-state index in [2.05, 4.69) is 52.5 Å². The molecule has 0 amide bonds. The number of aliphatic imine (C=N–C) groups is 1. The van der Waals surface area contributed by atoms with Gasteiger partial charge in [0, 0.05) is 59.4 Å². The Balaban J connectivity index is 0.00000484. The molecule has 0 aliphatic carbocycles. The SMILES string of the molecule is C=CCCCN(C)C(=NC)NCC(C)N1CCN(CC)CC1.I. The minimum Gasteiger partial charge on any atom is -0.355 e. The highest BCUT2D eigenvalue weighted by atomic mass is 127. The van der Waals surface area contributed by atoms with Crippen molar-refractivity contribution in [2.24, 2.45) is 4.99 Å². The molecule has 1 saturated heterocycles. The molecule has 1 rings (SSSR count). The zero-order valence-corrected chi connectivity index (χ0v) is 17.8. The van der Waals surface area contributed by atoms with E-state index >= 15 is 0 Å². The molecule has 0 aromatic carbocycles. The van der Waals surface area contributed by atoms with Gasteiger partial charge >= 0.3 is 0 Å². The second-order valence-electron chi connectivity index (χ2n) is 6.10. The second-order valence-corrected chi connectivity index (χ2v) is 6.10. The van der Waals surface area contributed by atoms with Crippen LogP contribution in [0.5, 0.6) is 0 Å². The van der Waals surface area contributed by atoms with Crippen molar-refractivity contribution >= 4 is 29.9 Å². The summed E-state index contributed by atoms with van der Waals surface area (Å²) >= 11 is 0. The van der Waals surface area contributed by atoms with E-state index in [-0.39, 0.29) is 24.0 Å². The summed E-state index contributed by atoms with van der Waals surface area (Å²) in [6, 6.07) is 0.539. The van der Waals surface area contributed by atoms with Crippen LogP contribution < -0.4 is 5.32 Å². The number of nitrogens with one attached hydrogen (secondary N) is 1. The van der Waals surface area contributed by atoms with E-state index in [0.29, 0.717) is 6.04 Å². The van der Waals surface area contributed by atoms with Gasteiger partial charge in [0.25, 0.3) is 0 Å². The lowest BCUT2D eigenvalue weighted by molar-refractivity contribution is 0.107. The van der Waals surface area contributed by atoms with E-state index in [0.717, 1.165) is 31.9 Å². The molecule has 1 aliphatic heterocycles. The molecule has 1 atom stereocenters. The van der Waals surface area contributed by atoms with Crippen molar-refractivity contribution in [1.82, 2.24) is 20.0 Å². The molecular formula is C17H36IN5. The van der Waals surface area contributed by atoms with E-state index in [1.54, 1.807) is 0 Å². The van der Waals surface area contributed by atoms with Gasteiger partial charge in [0.15, 0.2) is 5.96 Å². The van der Waals surface area contributed by atoms with E-state index < -0.39 is 0 Å². The zero-order valence-electron chi connectivity index (χ0n) is 15.4. The van der Waals surface area contributed by atoms with Crippen molar-refractivity contribution in [3.05, 3.63) is 12.7 Å². The molecule has 1 unspecified atom stereocenters. The van der Waals surface area contributed by atoms with Crippen LogP contribution in [0.4, 0.5) is 0 Å². The summed E-state index contributed by atoms with van der Waals surface area (Å²) in [5.74, 6) is 0.989. The average Bonchev–Trinajstić information content (AvgIpc) is 2.55. The van der Waals surface area contributed by atoms with Gasteiger partial charge in [-0.3, -0.25) is 9.89 Å². The molecule has 0 saturated carbocycles. The number of rotatable bonds is 8. The van der Waals surface area contributed by atoms with Gasteiger partial charge in [0.2, 0.25) is 0 Å². The Morgan fingerprint density at radius 3 is 2.52 bits per heavy atom. The summed E-state index contributed by atoms with van der Waals surface area (Å²) in [5, 5.41) is 3.51. The fourth-order valence-corrected chi connectivity index (χ4v) is 2.85. The van der Waals surface area contributed by atoms with Crippen LogP contribution >= 0.6 is 24.0 Å². The average molecular weight is 437 g/mol. The largest absolute Gasteiger partial charge is 0.355 e. The van der Waals surface area contributed by atoms with E-state index in [1.807, 2.05) is 13.1 Å². The summed E-state index contributed by atoms with van der Waals surface area (Å²) in [5.41, 5.74) is 0. The third kappa shape index (κ3) is 8.35. The summed E-state index contributed by atoms with van der Waals surface area (Å²) < 4.78 is 0. The number of halogens is 1. The maximum Gasteiger partial charge on any atom is 0.193 e. The summed E-state index contributed by atoms with van der Waals surface area (Å²) in [6.45, 7) is 16.2. The van der Waals surface area contributed by atoms with Crippen molar-refractivity contribution in [3.63, 3.8) is 0 Å². The van der Waals surface area contributed by atoms with Crippen LogP contribution in [0.25, 0.3) is 0 Å². The van der Waals surface area contributed by atoms with Gasteiger partial charge in [0.05, 0.1) is 0 Å². The predicted molar refractivity (Wildman–Crippen MR) is 112 cm³/mol. The normalized spacial score (nSPS) is 18.2. The fraction of sp³-hybridized carbons (Fsp3) is 0.824. The molecule has 1 fully saturated rings. The highest BCUT2D eigenvalue weighted by Gasteiger charge is 2.20. The third-order valence-corrected chi connectivity index (χ3v) is 4.51. The van der Waals surface area contributed by atoms with Crippen molar-refractivity contribution < 1.29 is 0 Å². The van der Waals surface area contributed by atoms with Crippen LogP contribution in [0.1, 0.15) is 26.7 Å². The lowest BCUT2D eigenvalue weighted by Gasteiger charge is -2.38. The number of allylic oxidation sites excluding steroid dienone is 1. The number of hydrogen-bond acceptors (Lipinski definition) is 3. The Labute approximate surface area is 160 Å². The van der Waals surface area contributed by atoms with Crippen molar-refractivity contribution in [1.29, 1.82) is 0 Å². The minimum atomic E-state index is 0. The highest BCUT2D eigenvalue weighted by molar-refractivity contribution is 14.0. The van der Waals surface area contributed by atoms with Gasteiger partial charge in [-0.2, -0.15) is 0 Å². The molecular weight excluding hydrogens is 401 g/mol. The lowest BCUT2D eigenvalue weighted by Crippen LogP contribution is -2.53. The first kappa shape index (κ1) is 22.7. The Morgan fingerprint density at radius 2 is 2.00 bits per heavy atom. The maximum absolute atomic E-state index is 4.39. The molecule has 23 heavy (non-hydrogen) atoms. The molecule has 136 valence electrons. The lowest BCUT2D eigenvalue weighted by atomic mass is 10.2. The van der Waals surface area contributed by atoms with Crippen LogP contribution in [0.15, 0.2) is 17.6 Å². The van der Waals surface area contributed by atoms with Crippen molar-refractivity contribution in [3.8, 4) is 0 Å². The number of nitrogens with zero attached hydrogens (tertiary/aromatic N) is 4. The molecule has 1 N–H and O–H groups in total. The number of likely N-dealkylation sites (N-methyl/N-ethyl adjacent to an activating group) is 1. The Hall–Kier alpha value is -0.340. The second kappa shape index (κ2) is 13.0. The minimum absolute atomic E-state index is 0. The highest BCUT2D eigenvalue weighted by Crippen LogP contribution is 2.05. The Bertz CT molecular complexity index is 340. The van der Waals surface area contributed by atoms with E-state index in [1.165, 1.54) is 32.7 Å². The number of unbranched alkanes of at least 4 members (excludes halogenated alkanes) is 1. The van der Waals surface area contributed by atoms with Gasteiger partial charge < -0.3 is 15.1 Å². The van der Waals surface area contributed by atoms with Crippen molar-refractivity contribution in [2.45, 2.75) is 32.7 Å². The Morgan fingerprint density at radius 1 is 1.35 bits per heavy atom. The van der Waals surface area contributed by atoms with Crippen LogP contribution in [0.3, 0.4) is 0 Å². The van der Waals surface area contributed by atoms with Crippen molar-refractivity contribution in [2.75, 3.05) is 59.9 Å². The molecule has 6 heteroatoms. The van der Waals surface area contributed by atoms with Crippen LogP contribution in [0, 0.1) is 0 Å². The van der Waals surface area contributed by atoms with E-state index in [9.17, 15) is 0 Å². The fourth-order valence-electron chi connectivity index (χ4n) is 2.85. The first-order valence-electron chi connectivity index (χ1n) is 8.61. The van der Waals surface area contributed by atoms with Gasteiger partial charge in [-0.15, -0.1) is 30.6 Å². The number of guanidine groups is 1. The predicted octanol–water partition coefficient (Wildman–Crippen LogP) is 2.10. The maximum atomic E-state index is 4.39. The monoisotopic (exact) mass is 437 g/mol. The van der Waals surface area contributed by atoms with E-state index in [4.69, 9.17) is 0 Å². The topological polar surface area (TPSA) is 34.1 Å². The Kier molecular flexibility index (Phi) is 12.8. The number of piperazine rings is 1. The zero-order chi connectivity index (χ0) is 16.4. The molecule has 0 aromatic heterocycles. The summed E-state index contributed by atoms with van der Waals surface area (Å²) in [6.07, 6.45) is 4.15. The summed E-state index contributed by atoms with van der Waals surface area (Å²) in [4.78, 5) is 11.7. The molecule has 0 aromatic rings. The quantitative estimate of drug-likeness (QED) is 0.207. The summed E-state index contributed by atoms with van der Waals surface area (Å²) in [7, 11) is 3.96. The van der Waals surface area contributed by atoms with Crippen LogP contribution in [-0.2, 0) is 0 Å². The molecule has 0 radical (unpaired) electrons. The van der Waals surface area contributed by atoms with Crippen LogP contribution in [-0.4, -0.2) is 86.6 Å².